The maximum atomic E-state index is 5.48. The lowest BCUT2D eigenvalue weighted by Crippen LogP contribution is -2.30. The van der Waals surface area contributed by atoms with Crippen LogP contribution in [0.2, 0.25) is 0 Å². The fraction of sp³-hybridized carbons (Fsp3) is 0.278. The van der Waals surface area contributed by atoms with Crippen molar-refractivity contribution in [3.8, 4) is 11.3 Å². The van der Waals surface area contributed by atoms with Crippen molar-refractivity contribution >= 4 is 11.8 Å². The summed E-state index contributed by atoms with van der Waals surface area (Å²) in [5, 5.41) is 4.17. The Kier molecular flexibility index (Phi) is 5.83. The molecule has 2 aromatic heterocycles. The molecule has 0 amide bonds. The Labute approximate surface area is 131 Å². The third kappa shape index (κ3) is 4.01. The molecular weight excluding hydrogens is 274 g/mol. The fourth-order valence-corrected chi connectivity index (χ4v) is 2.02. The van der Waals surface area contributed by atoms with E-state index in [4.69, 9.17) is 4.52 Å². The van der Waals surface area contributed by atoms with E-state index in [-0.39, 0.29) is 0 Å². The first-order chi connectivity index (χ1) is 10.8. The van der Waals surface area contributed by atoms with Crippen molar-refractivity contribution in [2.24, 2.45) is 4.99 Å². The number of pyridine rings is 1. The largest absolute Gasteiger partial charge is 0.356 e. The van der Waals surface area contributed by atoms with Crippen molar-refractivity contribution in [3.05, 3.63) is 54.6 Å². The zero-order valence-corrected chi connectivity index (χ0v) is 13.4. The van der Waals surface area contributed by atoms with Gasteiger partial charge >= 0.3 is 0 Å². The second-order valence-corrected chi connectivity index (χ2v) is 4.76. The minimum Gasteiger partial charge on any atom is -0.356 e. The predicted octanol–water partition coefficient (Wildman–Crippen LogP) is 3.70. The molecule has 0 spiro atoms. The van der Waals surface area contributed by atoms with Gasteiger partial charge in [0.1, 0.15) is 12.2 Å². The lowest BCUT2D eigenvalue weighted by molar-refractivity contribution is -0.693. The highest BCUT2D eigenvalue weighted by Crippen LogP contribution is 2.23. The van der Waals surface area contributed by atoms with E-state index in [1.165, 1.54) is 0 Å². The van der Waals surface area contributed by atoms with E-state index in [1.54, 1.807) is 6.21 Å². The standard InChI is InChI=1S/C18H22N3O/c1-4-7-16(8-11-19-5-2)18-14-17(20-22-18)15-9-12-21(6-3)13-10-15/h4,7-14H,5-6H2,1-3H3/q+1/b7-4-,16-8+,19-11?. The van der Waals surface area contributed by atoms with Crippen molar-refractivity contribution in [1.82, 2.24) is 5.16 Å². The molecule has 2 rings (SSSR count). The van der Waals surface area contributed by atoms with Gasteiger partial charge in [0, 0.05) is 42.1 Å². The molecule has 0 fully saturated rings. The van der Waals surface area contributed by atoms with E-state index in [0.717, 1.165) is 35.7 Å². The van der Waals surface area contributed by atoms with Gasteiger partial charge in [0.2, 0.25) is 0 Å². The van der Waals surface area contributed by atoms with Gasteiger partial charge < -0.3 is 4.52 Å². The van der Waals surface area contributed by atoms with Crippen molar-refractivity contribution in [2.75, 3.05) is 6.54 Å². The zero-order valence-electron chi connectivity index (χ0n) is 13.4. The first kappa shape index (κ1) is 15.9. The van der Waals surface area contributed by atoms with Crippen molar-refractivity contribution < 1.29 is 9.09 Å². The van der Waals surface area contributed by atoms with Crippen LogP contribution in [0, 0.1) is 0 Å². The summed E-state index contributed by atoms with van der Waals surface area (Å²) in [6.07, 6.45) is 11.8. The van der Waals surface area contributed by atoms with Crippen molar-refractivity contribution in [3.63, 3.8) is 0 Å². The summed E-state index contributed by atoms with van der Waals surface area (Å²) in [6.45, 7) is 7.81. The first-order valence-electron chi connectivity index (χ1n) is 7.57. The molecule has 0 aliphatic carbocycles. The number of aromatic nitrogens is 2. The van der Waals surface area contributed by atoms with Gasteiger partial charge in [0.05, 0.1) is 0 Å². The summed E-state index contributed by atoms with van der Waals surface area (Å²) in [5.74, 6) is 0.739. The SMILES string of the molecule is C/C=C\C(=C/C=NCC)c1cc(-c2cc[n+](CC)cc2)no1. The number of nitrogens with zero attached hydrogens (tertiary/aromatic N) is 3. The van der Waals surface area contributed by atoms with Crippen molar-refractivity contribution in [2.45, 2.75) is 27.3 Å². The van der Waals surface area contributed by atoms with Crippen LogP contribution in [-0.4, -0.2) is 17.9 Å². The van der Waals surface area contributed by atoms with E-state index >= 15 is 0 Å². The van der Waals surface area contributed by atoms with Gasteiger partial charge in [-0.15, -0.1) is 0 Å². The third-order valence-corrected chi connectivity index (χ3v) is 3.24. The Morgan fingerprint density at radius 2 is 2.09 bits per heavy atom. The monoisotopic (exact) mass is 296 g/mol. The Bertz CT molecular complexity index is 679. The Morgan fingerprint density at radius 1 is 1.32 bits per heavy atom. The average molecular weight is 296 g/mol. The van der Waals surface area contributed by atoms with E-state index < -0.39 is 0 Å². The molecule has 0 radical (unpaired) electrons. The van der Waals surface area contributed by atoms with Crippen LogP contribution in [0.1, 0.15) is 26.5 Å². The van der Waals surface area contributed by atoms with Crippen LogP contribution in [0.3, 0.4) is 0 Å². The van der Waals surface area contributed by atoms with Crippen LogP contribution >= 0.6 is 0 Å². The molecular formula is C18H22N3O+. The topological polar surface area (TPSA) is 42.3 Å². The molecule has 22 heavy (non-hydrogen) atoms. The number of aryl methyl sites for hydroxylation is 1. The Morgan fingerprint density at radius 3 is 2.73 bits per heavy atom. The van der Waals surface area contributed by atoms with Crippen LogP contribution < -0.4 is 4.57 Å². The summed E-state index contributed by atoms with van der Waals surface area (Å²) >= 11 is 0. The molecule has 4 heteroatoms. The smallest absolute Gasteiger partial charge is 0.169 e. The van der Waals surface area contributed by atoms with E-state index in [2.05, 4.69) is 21.6 Å². The molecule has 0 aliphatic rings. The van der Waals surface area contributed by atoms with Gasteiger partial charge in [-0.2, -0.15) is 0 Å². The highest BCUT2D eigenvalue weighted by molar-refractivity contribution is 5.87. The molecule has 0 bridgehead atoms. The van der Waals surface area contributed by atoms with Gasteiger partial charge in [-0.3, -0.25) is 4.99 Å². The van der Waals surface area contributed by atoms with Gasteiger partial charge in [-0.1, -0.05) is 17.3 Å². The molecule has 2 aromatic rings. The number of allylic oxidation sites excluding steroid dienone is 4. The normalized spacial score (nSPS) is 12.6. The molecule has 0 aromatic carbocycles. The highest BCUT2D eigenvalue weighted by atomic mass is 16.5. The van der Waals surface area contributed by atoms with Gasteiger partial charge in [0.15, 0.2) is 18.2 Å². The summed E-state index contributed by atoms with van der Waals surface area (Å²) < 4.78 is 7.59. The zero-order chi connectivity index (χ0) is 15.8. The Hall–Kier alpha value is -2.49. The molecule has 0 saturated carbocycles. The molecule has 114 valence electrons. The summed E-state index contributed by atoms with van der Waals surface area (Å²) in [4.78, 5) is 4.20. The van der Waals surface area contributed by atoms with E-state index in [1.807, 2.05) is 62.7 Å². The first-order valence-corrected chi connectivity index (χ1v) is 7.57. The molecule has 0 saturated heterocycles. The molecule has 0 atom stereocenters. The van der Waals surface area contributed by atoms with E-state index in [9.17, 15) is 0 Å². The maximum absolute atomic E-state index is 5.48. The fourth-order valence-electron chi connectivity index (χ4n) is 2.02. The maximum Gasteiger partial charge on any atom is 0.169 e. The summed E-state index contributed by atoms with van der Waals surface area (Å²) in [7, 11) is 0. The molecule has 4 nitrogen and oxygen atoms in total. The number of hydrogen-bond acceptors (Lipinski definition) is 3. The minimum absolute atomic E-state index is 0.739. The third-order valence-electron chi connectivity index (χ3n) is 3.24. The lowest BCUT2D eigenvalue weighted by Gasteiger charge is -1.94. The summed E-state index contributed by atoms with van der Waals surface area (Å²) in [5.41, 5.74) is 2.83. The van der Waals surface area contributed by atoms with Crippen LogP contribution in [0.25, 0.3) is 16.8 Å². The highest BCUT2D eigenvalue weighted by Gasteiger charge is 2.10. The summed E-state index contributed by atoms with van der Waals surface area (Å²) in [6, 6.07) is 6.04. The minimum atomic E-state index is 0.739. The van der Waals surface area contributed by atoms with Crippen LogP contribution in [-0.2, 0) is 6.54 Å². The van der Waals surface area contributed by atoms with Gasteiger partial charge in [-0.05, 0) is 26.8 Å². The van der Waals surface area contributed by atoms with Crippen LogP contribution in [0.15, 0.2) is 58.3 Å². The quantitative estimate of drug-likeness (QED) is 0.463. The molecule has 0 unspecified atom stereocenters. The molecule has 0 aliphatic heterocycles. The van der Waals surface area contributed by atoms with Gasteiger partial charge in [0.25, 0.3) is 0 Å². The number of hydrogen-bond donors (Lipinski definition) is 0. The van der Waals surface area contributed by atoms with Crippen LogP contribution in [0.5, 0.6) is 0 Å². The molecule has 2 heterocycles. The van der Waals surface area contributed by atoms with Crippen molar-refractivity contribution in [1.29, 1.82) is 0 Å². The Balaban J connectivity index is 2.28. The number of aliphatic imine (C=N–C) groups is 1. The predicted molar refractivity (Wildman–Crippen MR) is 89.6 cm³/mol. The van der Waals surface area contributed by atoms with Gasteiger partial charge in [-0.25, -0.2) is 4.57 Å². The second-order valence-electron chi connectivity index (χ2n) is 4.76. The molecule has 0 N–H and O–H groups in total. The average Bonchev–Trinajstić information content (AvgIpc) is 3.04. The van der Waals surface area contributed by atoms with Crippen LogP contribution in [0.4, 0.5) is 0 Å². The van der Waals surface area contributed by atoms with E-state index in [0.29, 0.717) is 0 Å². The second kappa shape index (κ2) is 8.08. The number of rotatable bonds is 6. The lowest BCUT2D eigenvalue weighted by atomic mass is 10.1.